The summed E-state index contributed by atoms with van der Waals surface area (Å²) in [7, 11) is -3.42. The van der Waals surface area contributed by atoms with Crippen molar-refractivity contribution in [2.24, 2.45) is 0 Å². The topological polar surface area (TPSA) is 66.4 Å². The minimum absolute atomic E-state index is 0.0753. The molecule has 0 aromatic heterocycles. The molecule has 1 rings (SSSR count). The number of aliphatic hydroxyl groups is 1. The Morgan fingerprint density at radius 2 is 2.00 bits per heavy atom. The molecule has 4 nitrogen and oxygen atoms in total. The molecule has 1 aromatic rings. The van der Waals surface area contributed by atoms with E-state index in [2.05, 4.69) is 4.72 Å². The van der Waals surface area contributed by atoms with Gasteiger partial charge in [0, 0.05) is 18.1 Å². The zero-order chi connectivity index (χ0) is 13.4. The Balaban J connectivity index is 2.57. The summed E-state index contributed by atoms with van der Waals surface area (Å²) in [5, 5.41) is 9.84. The van der Waals surface area contributed by atoms with Crippen LogP contribution in [0.1, 0.15) is 25.3 Å². The van der Waals surface area contributed by atoms with Gasteiger partial charge in [0.15, 0.2) is 0 Å². The van der Waals surface area contributed by atoms with Gasteiger partial charge in [0.25, 0.3) is 0 Å². The van der Waals surface area contributed by atoms with Gasteiger partial charge in [-0.2, -0.15) is 0 Å². The van der Waals surface area contributed by atoms with Crippen LogP contribution in [0, 0.1) is 0 Å². The van der Waals surface area contributed by atoms with Gasteiger partial charge >= 0.3 is 0 Å². The number of hydrogen-bond acceptors (Lipinski definition) is 3. The van der Waals surface area contributed by atoms with Gasteiger partial charge in [-0.1, -0.05) is 30.3 Å². The van der Waals surface area contributed by atoms with Crippen molar-refractivity contribution >= 4 is 16.1 Å². The minimum atomic E-state index is -3.42. The Kier molecular flexibility index (Phi) is 6.04. The van der Waals surface area contributed by atoms with E-state index in [1.165, 1.54) is 0 Å². The number of rotatable bonds is 7. The molecule has 100 valence electrons. The molecule has 0 bridgehead atoms. The highest BCUT2D eigenvalue weighted by Crippen LogP contribution is 2.04. The number of sulfonamides is 1. The van der Waals surface area contributed by atoms with Gasteiger partial charge in [-0.05, 0) is 31.4 Å². The first-order valence-corrected chi connectivity index (χ1v) is 7.44. The van der Waals surface area contributed by atoms with Gasteiger partial charge in [0.2, 0.25) is 10.0 Å². The predicted molar refractivity (Wildman–Crippen MR) is 73.3 cm³/mol. The number of benzene rings is 1. The Bertz CT molecular complexity index is 468. The molecule has 0 aliphatic heterocycles. The minimum Gasteiger partial charge on any atom is -0.396 e. The quantitative estimate of drug-likeness (QED) is 0.792. The van der Waals surface area contributed by atoms with E-state index in [9.17, 15) is 8.42 Å². The number of hydrogen-bond donors (Lipinski definition) is 2. The fourth-order valence-electron chi connectivity index (χ4n) is 1.51. The predicted octanol–water partition coefficient (Wildman–Crippen LogP) is 1.74. The van der Waals surface area contributed by atoms with Crippen LogP contribution in [-0.4, -0.2) is 26.2 Å². The summed E-state index contributed by atoms with van der Waals surface area (Å²) in [6.45, 7) is 1.86. The maximum Gasteiger partial charge on any atom is 0.233 e. The molecule has 0 spiro atoms. The zero-order valence-corrected chi connectivity index (χ0v) is 11.2. The van der Waals surface area contributed by atoms with E-state index < -0.39 is 10.0 Å². The molecule has 0 radical (unpaired) electrons. The highest BCUT2D eigenvalue weighted by molar-refractivity contribution is 7.92. The standard InChI is InChI=1S/C13H19NO3S/c1-12(6-5-10-15)14-18(16,17)11-9-13-7-3-2-4-8-13/h2-4,7-9,11-12,14-15H,5-6,10H2,1H3. The molecule has 0 saturated carbocycles. The molecule has 0 heterocycles. The van der Waals surface area contributed by atoms with Crippen LogP contribution in [-0.2, 0) is 10.0 Å². The number of aliphatic hydroxyl groups excluding tert-OH is 1. The third-order valence-electron chi connectivity index (χ3n) is 2.40. The Morgan fingerprint density at radius 3 is 2.61 bits per heavy atom. The van der Waals surface area contributed by atoms with Gasteiger partial charge in [0.1, 0.15) is 0 Å². The lowest BCUT2D eigenvalue weighted by Gasteiger charge is -2.11. The summed E-state index contributed by atoms with van der Waals surface area (Å²) in [6, 6.07) is 9.07. The molecule has 0 aliphatic carbocycles. The van der Waals surface area contributed by atoms with E-state index in [4.69, 9.17) is 5.11 Å². The van der Waals surface area contributed by atoms with E-state index in [1.807, 2.05) is 30.3 Å². The highest BCUT2D eigenvalue weighted by atomic mass is 32.2. The van der Waals surface area contributed by atoms with E-state index in [0.29, 0.717) is 12.8 Å². The van der Waals surface area contributed by atoms with Gasteiger partial charge in [-0.15, -0.1) is 0 Å². The van der Waals surface area contributed by atoms with Crippen LogP contribution < -0.4 is 4.72 Å². The van der Waals surface area contributed by atoms with Crippen LogP contribution in [0.15, 0.2) is 35.7 Å². The summed E-state index contributed by atoms with van der Waals surface area (Å²) >= 11 is 0. The molecular formula is C13H19NO3S. The zero-order valence-electron chi connectivity index (χ0n) is 10.4. The first-order chi connectivity index (χ1) is 8.53. The SMILES string of the molecule is CC(CCCO)NS(=O)(=O)C=Cc1ccccc1. The largest absolute Gasteiger partial charge is 0.396 e. The lowest BCUT2D eigenvalue weighted by atomic mass is 10.2. The average Bonchev–Trinajstić information content (AvgIpc) is 2.35. The summed E-state index contributed by atoms with van der Waals surface area (Å²) in [5.41, 5.74) is 0.839. The molecular weight excluding hydrogens is 250 g/mol. The molecule has 5 heteroatoms. The van der Waals surface area contributed by atoms with Crippen molar-refractivity contribution in [1.29, 1.82) is 0 Å². The summed E-state index contributed by atoms with van der Waals surface area (Å²) in [5.74, 6) is 0. The van der Waals surface area contributed by atoms with Crippen LogP contribution in [0.4, 0.5) is 0 Å². The molecule has 0 aliphatic rings. The molecule has 0 saturated heterocycles. The average molecular weight is 269 g/mol. The highest BCUT2D eigenvalue weighted by Gasteiger charge is 2.10. The van der Waals surface area contributed by atoms with Gasteiger partial charge < -0.3 is 5.11 Å². The van der Waals surface area contributed by atoms with Crippen molar-refractivity contribution in [1.82, 2.24) is 4.72 Å². The molecule has 1 unspecified atom stereocenters. The third kappa shape index (κ3) is 5.95. The Hall–Kier alpha value is -1.17. The first kappa shape index (κ1) is 14.9. The van der Waals surface area contributed by atoms with Crippen molar-refractivity contribution in [3.05, 3.63) is 41.3 Å². The van der Waals surface area contributed by atoms with E-state index >= 15 is 0 Å². The van der Waals surface area contributed by atoms with Crippen LogP contribution >= 0.6 is 0 Å². The second kappa shape index (κ2) is 7.31. The number of nitrogens with one attached hydrogen (secondary N) is 1. The van der Waals surface area contributed by atoms with Crippen molar-refractivity contribution in [2.75, 3.05) is 6.61 Å². The maximum absolute atomic E-state index is 11.7. The molecule has 0 fully saturated rings. The van der Waals surface area contributed by atoms with Crippen molar-refractivity contribution < 1.29 is 13.5 Å². The Labute approximate surface area is 108 Å². The van der Waals surface area contributed by atoms with Crippen molar-refractivity contribution in [3.63, 3.8) is 0 Å². The molecule has 0 amide bonds. The smallest absolute Gasteiger partial charge is 0.233 e. The summed E-state index contributed by atoms with van der Waals surface area (Å²) in [4.78, 5) is 0. The van der Waals surface area contributed by atoms with Gasteiger partial charge in [0.05, 0.1) is 0 Å². The van der Waals surface area contributed by atoms with Crippen LogP contribution in [0.2, 0.25) is 0 Å². The lowest BCUT2D eigenvalue weighted by molar-refractivity contribution is 0.279. The third-order valence-corrected chi connectivity index (χ3v) is 3.63. The summed E-state index contributed by atoms with van der Waals surface area (Å²) in [6.07, 6.45) is 2.77. The van der Waals surface area contributed by atoms with Crippen LogP contribution in [0.25, 0.3) is 6.08 Å². The summed E-state index contributed by atoms with van der Waals surface area (Å²) < 4.78 is 26.0. The fraction of sp³-hybridized carbons (Fsp3) is 0.385. The lowest BCUT2D eigenvalue weighted by Crippen LogP contribution is -2.31. The fourth-order valence-corrected chi connectivity index (χ4v) is 2.60. The molecule has 2 N–H and O–H groups in total. The molecule has 18 heavy (non-hydrogen) atoms. The molecule has 1 aromatic carbocycles. The van der Waals surface area contributed by atoms with E-state index in [1.54, 1.807) is 13.0 Å². The first-order valence-electron chi connectivity index (χ1n) is 5.90. The Morgan fingerprint density at radius 1 is 1.33 bits per heavy atom. The van der Waals surface area contributed by atoms with Crippen LogP contribution in [0.3, 0.4) is 0 Å². The maximum atomic E-state index is 11.7. The molecule has 1 atom stereocenters. The van der Waals surface area contributed by atoms with E-state index in [-0.39, 0.29) is 12.6 Å². The normalized spacial score (nSPS) is 13.9. The van der Waals surface area contributed by atoms with E-state index in [0.717, 1.165) is 11.0 Å². The van der Waals surface area contributed by atoms with Gasteiger partial charge in [-0.25, -0.2) is 13.1 Å². The second-order valence-electron chi connectivity index (χ2n) is 4.14. The van der Waals surface area contributed by atoms with Crippen molar-refractivity contribution in [2.45, 2.75) is 25.8 Å². The second-order valence-corrected chi connectivity index (χ2v) is 5.74. The van der Waals surface area contributed by atoms with Crippen LogP contribution in [0.5, 0.6) is 0 Å². The van der Waals surface area contributed by atoms with Gasteiger partial charge in [-0.3, -0.25) is 0 Å². The van der Waals surface area contributed by atoms with Crippen molar-refractivity contribution in [3.8, 4) is 0 Å². The monoisotopic (exact) mass is 269 g/mol.